The molecule has 0 saturated carbocycles. The standard InChI is InChI=1S/C12H17N3O/c13-10-8-9(12(14)16)4-5-11(10)15-6-2-1-3-7-15/h4-5,8H,1-3,6-7,13H2,(H2,14,16). The van der Waals surface area contributed by atoms with E-state index < -0.39 is 5.91 Å². The number of nitrogens with two attached hydrogens (primary N) is 2. The Morgan fingerprint density at radius 3 is 2.44 bits per heavy atom. The zero-order valence-electron chi connectivity index (χ0n) is 9.28. The zero-order valence-corrected chi connectivity index (χ0v) is 9.28. The first kappa shape index (κ1) is 10.8. The summed E-state index contributed by atoms with van der Waals surface area (Å²) in [7, 11) is 0. The molecule has 4 nitrogen and oxygen atoms in total. The maximum absolute atomic E-state index is 11.0. The highest BCUT2D eigenvalue weighted by Crippen LogP contribution is 2.26. The number of carbonyl (C=O) groups excluding carboxylic acids is 1. The highest BCUT2D eigenvalue weighted by molar-refractivity contribution is 5.94. The van der Waals surface area contributed by atoms with E-state index in [4.69, 9.17) is 11.5 Å². The third-order valence-electron chi connectivity index (χ3n) is 3.01. The van der Waals surface area contributed by atoms with Crippen LogP contribution in [-0.4, -0.2) is 19.0 Å². The van der Waals surface area contributed by atoms with Gasteiger partial charge >= 0.3 is 0 Å². The van der Waals surface area contributed by atoms with E-state index >= 15 is 0 Å². The van der Waals surface area contributed by atoms with Crippen molar-refractivity contribution in [3.63, 3.8) is 0 Å². The summed E-state index contributed by atoms with van der Waals surface area (Å²) in [5, 5.41) is 0. The lowest BCUT2D eigenvalue weighted by molar-refractivity contribution is 0.100. The van der Waals surface area contributed by atoms with E-state index in [1.165, 1.54) is 19.3 Å². The van der Waals surface area contributed by atoms with Gasteiger partial charge in [-0.25, -0.2) is 0 Å². The lowest BCUT2D eigenvalue weighted by Crippen LogP contribution is -2.30. The van der Waals surface area contributed by atoms with Crippen LogP contribution in [-0.2, 0) is 0 Å². The van der Waals surface area contributed by atoms with Gasteiger partial charge in [-0.2, -0.15) is 0 Å². The summed E-state index contributed by atoms with van der Waals surface area (Å²) in [6.45, 7) is 2.08. The highest BCUT2D eigenvalue weighted by atomic mass is 16.1. The minimum absolute atomic E-state index is 0.433. The van der Waals surface area contributed by atoms with Crippen LogP contribution in [0.2, 0.25) is 0 Å². The number of anilines is 2. The van der Waals surface area contributed by atoms with E-state index in [0.717, 1.165) is 18.8 Å². The maximum atomic E-state index is 11.0. The first-order valence-corrected chi connectivity index (χ1v) is 5.63. The fraction of sp³-hybridized carbons (Fsp3) is 0.417. The number of amides is 1. The lowest BCUT2D eigenvalue weighted by atomic mass is 10.1. The van der Waals surface area contributed by atoms with E-state index in [1.807, 2.05) is 6.07 Å². The van der Waals surface area contributed by atoms with Crippen molar-refractivity contribution in [3.05, 3.63) is 23.8 Å². The van der Waals surface area contributed by atoms with Crippen molar-refractivity contribution in [1.82, 2.24) is 0 Å². The SMILES string of the molecule is NC(=O)c1ccc(N2CCCCC2)c(N)c1. The van der Waals surface area contributed by atoms with Crippen LogP contribution in [0.25, 0.3) is 0 Å². The molecule has 0 atom stereocenters. The Bertz CT molecular complexity index is 397. The number of rotatable bonds is 2. The summed E-state index contributed by atoms with van der Waals surface area (Å²) in [6, 6.07) is 5.29. The fourth-order valence-electron chi connectivity index (χ4n) is 2.13. The average Bonchev–Trinajstić information content (AvgIpc) is 2.30. The normalized spacial score (nSPS) is 16.1. The molecule has 1 fully saturated rings. The van der Waals surface area contributed by atoms with Gasteiger partial charge in [0.1, 0.15) is 0 Å². The summed E-state index contributed by atoms with van der Waals surface area (Å²) in [6.07, 6.45) is 3.70. The molecule has 16 heavy (non-hydrogen) atoms. The van der Waals surface area contributed by atoms with Crippen LogP contribution in [0.1, 0.15) is 29.6 Å². The largest absolute Gasteiger partial charge is 0.397 e. The minimum atomic E-state index is -0.433. The summed E-state index contributed by atoms with van der Waals surface area (Å²) in [5.41, 5.74) is 13.3. The van der Waals surface area contributed by atoms with E-state index in [1.54, 1.807) is 12.1 Å². The number of hydrogen-bond donors (Lipinski definition) is 2. The molecule has 1 aliphatic heterocycles. The van der Waals surface area contributed by atoms with Gasteiger partial charge in [-0.1, -0.05) is 0 Å². The first-order valence-electron chi connectivity index (χ1n) is 5.63. The number of nitrogens with zero attached hydrogens (tertiary/aromatic N) is 1. The number of primary amides is 1. The Morgan fingerprint density at radius 1 is 1.19 bits per heavy atom. The van der Waals surface area contributed by atoms with E-state index in [2.05, 4.69) is 4.90 Å². The van der Waals surface area contributed by atoms with Gasteiger partial charge in [0.05, 0.1) is 11.4 Å². The van der Waals surface area contributed by atoms with Crippen LogP contribution in [0, 0.1) is 0 Å². The number of nitrogen functional groups attached to an aromatic ring is 1. The van der Waals surface area contributed by atoms with Gasteiger partial charge < -0.3 is 16.4 Å². The van der Waals surface area contributed by atoms with Gasteiger partial charge in [-0.3, -0.25) is 4.79 Å². The molecule has 0 spiro atoms. The molecule has 0 aliphatic carbocycles. The molecule has 1 heterocycles. The monoisotopic (exact) mass is 219 g/mol. The predicted octanol–water partition coefficient (Wildman–Crippen LogP) is 1.36. The van der Waals surface area contributed by atoms with Gasteiger partial charge in [-0.15, -0.1) is 0 Å². The van der Waals surface area contributed by atoms with Crippen molar-refractivity contribution < 1.29 is 4.79 Å². The lowest BCUT2D eigenvalue weighted by Gasteiger charge is -2.29. The molecule has 0 unspecified atom stereocenters. The van der Waals surface area contributed by atoms with Crippen molar-refractivity contribution in [2.75, 3.05) is 23.7 Å². The Balaban J connectivity index is 2.24. The molecule has 86 valence electrons. The van der Waals surface area contributed by atoms with Crippen molar-refractivity contribution >= 4 is 17.3 Å². The molecule has 4 heteroatoms. The molecular weight excluding hydrogens is 202 g/mol. The van der Waals surface area contributed by atoms with E-state index in [9.17, 15) is 4.79 Å². The number of benzene rings is 1. The Hall–Kier alpha value is -1.71. The molecular formula is C12H17N3O. The predicted molar refractivity (Wildman–Crippen MR) is 65.4 cm³/mol. The smallest absolute Gasteiger partial charge is 0.248 e. The van der Waals surface area contributed by atoms with Gasteiger partial charge in [-0.05, 0) is 37.5 Å². The summed E-state index contributed by atoms with van der Waals surface area (Å²) in [5.74, 6) is -0.433. The molecule has 1 aliphatic rings. The molecule has 2 rings (SSSR count). The van der Waals surface area contributed by atoms with Gasteiger partial charge in [0.25, 0.3) is 0 Å². The molecule has 1 aromatic rings. The van der Waals surface area contributed by atoms with Crippen molar-refractivity contribution in [1.29, 1.82) is 0 Å². The van der Waals surface area contributed by atoms with Crippen molar-refractivity contribution in [2.24, 2.45) is 5.73 Å². The van der Waals surface area contributed by atoms with Crippen LogP contribution in [0.15, 0.2) is 18.2 Å². The zero-order chi connectivity index (χ0) is 11.5. The summed E-state index contributed by atoms with van der Waals surface area (Å²) >= 11 is 0. The van der Waals surface area contributed by atoms with E-state index in [0.29, 0.717) is 11.3 Å². The maximum Gasteiger partial charge on any atom is 0.248 e. The topological polar surface area (TPSA) is 72.4 Å². The minimum Gasteiger partial charge on any atom is -0.397 e. The number of piperidine rings is 1. The van der Waals surface area contributed by atoms with Crippen LogP contribution in [0.4, 0.5) is 11.4 Å². The van der Waals surface area contributed by atoms with Gasteiger partial charge in [0.15, 0.2) is 0 Å². The van der Waals surface area contributed by atoms with E-state index in [-0.39, 0.29) is 0 Å². The summed E-state index contributed by atoms with van der Waals surface area (Å²) < 4.78 is 0. The third-order valence-corrected chi connectivity index (χ3v) is 3.01. The molecule has 4 N–H and O–H groups in total. The van der Waals surface area contributed by atoms with Crippen LogP contribution < -0.4 is 16.4 Å². The molecule has 0 aromatic heterocycles. The molecule has 1 aromatic carbocycles. The molecule has 1 saturated heterocycles. The van der Waals surface area contributed by atoms with Gasteiger partial charge in [0, 0.05) is 18.7 Å². The molecule has 1 amide bonds. The number of carbonyl (C=O) groups is 1. The Morgan fingerprint density at radius 2 is 1.88 bits per heavy atom. The van der Waals surface area contributed by atoms with Crippen LogP contribution in [0.5, 0.6) is 0 Å². The average molecular weight is 219 g/mol. The quantitative estimate of drug-likeness (QED) is 0.738. The van der Waals surface area contributed by atoms with Crippen molar-refractivity contribution in [2.45, 2.75) is 19.3 Å². The molecule has 0 radical (unpaired) electrons. The fourth-order valence-corrected chi connectivity index (χ4v) is 2.13. The number of hydrogen-bond acceptors (Lipinski definition) is 3. The van der Waals surface area contributed by atoms with Crippen molar-refractivity contribution in [3.8, 4) is 0 Å². The van der Waals surface area contributed by atoms with Gasteiger partial charge in [0.2, 0.25) is 5.91 Å². The van der Waals surface area contributed by atoms with Crippen LogP contribution in [0.3, 0.4) is 0 Å². The Labute approximate surface area is 95.2 Å². The Kier molecular flexibility index (Phi) is 2.99. The van der Waals surface area contributed by atoms with Crippen LogP contribution >= 0.6 is 0 Å². The second-order valence-corrected chi connectivity index (χ2v) is 4.19. The highest BCUT2D eigenvalue weighted by Gasteiger charge is 2.14. The first-order chi connectivity index (χ1) is 7.68. The second-order valence-electron chi connectivity index (χ2n) is 4.19. The molecule has 0 bridgehead atoms. The third kappa shape index (κ3) is 2.10. The second kappa shape index (κ2) is 4.43. The summed E-state index contributed by atoms with van der Waals surface area (Å²) in [4.78, 5) is 13.3.